The summed E-state index contributed by atoms with van der Waals surface area (Å²) in [5, 5.41) is 28.5. The van der Waals surface area contributed by atoms with Crippen LogP contribution in [-0.2, 0) is 19.1 Å². The number of unbranched alkanes of at least 4 members (excludes halogenated alkanes) is 2. The zero-order valence-electron chi connectivity index (χ0n) is 29.0. The first-order chi connectivity index (χ1) is 25.4. The molecule has 3 atom stereocenters. The van der Waals surface area contributed by atoms with Gasteiger partial charge in [0.25, 0.3) is 0 Å². The molecule has 1 aliphatic heterocycles. The summed E-state index contributed by atoms with van der Waals surface area (Å²) in [6.07, 6.45) is 11.9. The number of hydrogen-bond donors (Lipinski definition) is 3. The molecule has 0 aliphatic carbocycles. The highest BCUT2D eigenvalue weighted by molar-refractivity contribution is 5.79. The lowest BCUT2D eigenvalue weighted by molar-refractivity contribution is -0.244. The predicted molar refractivity (Wildman–Crippen MR) is 196 cm³/mol. The number of aliphatic carboxylic acids is 2. The van der Waals surface area contributed by atoms with Crippen molar-refractivity contribution in [2.75, 3.05) is 19.8 Å². The largest absolute Gasteiger partial charge is 0.508 e. The van der Waals surface area contributed by atoms with Crippen molar-refractivity contribution in [3.63, 3.8) is 0 Å². The maximum atomic E-state index is 10.9. The summed E-state index contributed by atoms with van der Waals surface area (Å²) in [6.45, 7) is 1.02. The maximum absolute atomic E-state index is 10.9. The number of hydrogen-bond acceptors (Lipinski definition) is 8. The lowest BCUT2D eigenvalue weighted by Gasteiger charge is -2.37. The van der Waals surface area contributed by atoms with Crippen LogP contribution in [0.5, 0.6) is 17.2 Å². The quantitative estimate of drug-likeness (QED) is 0.0641. The summed E-state index contributed by atoms with van der Waals surface area (Å²) in [7, 11) is 0. The molecule has 3 aromatic carbocycles. The molecule has 1 saturated heterocycles. The molecule has 4 aromatic rings. The Morgan fingerprint density at radius 3 is 2.35 bits per heavy atom. The molecule has 1 fully saturated rings. The number of phenols is 1. The van der Waals surface area contributed by atoms with Gasteiger partial charge in [0, 0.05) is 47.8 Å². The van der Waals surface area contributed by atoms with Crippen LogP contribution in [0.15, 0.2) is 116 Å². The molecular weight excluding hydrogens is 662 g/mol. The Morgan fingerprint density at radius 2 is 1.60 bits per heavy atom. The Bertz CT molecular complexity index is 1790. The van der Waals surface area contributed by atoms with Gasteiger partial charge in [-0.3, -0.25) is 14.6 Å². The fourth-order valence-corrected chi connectivity index (χ4v) is 5.99. The van der Waals surface area contributed by atoms with Crippen molar-refractivity contribution in [3.05, 3.63) is 138 Å². The zero-order valence-corrected chi connectivity index (χ0v) is 29.0. The molecule has 1 aromatic heterocycles. The number of rotatable bonds is 19. The van der Waals surface area contributed by atoms with Gasteiger partial charge in [0.2, 0.25) is 0 Å². The molecule has 0 bridgehead atoms. The van der Waals surface area contributed by atoms with Gasteiger partial charge < -0.3 is 34.3 Å². The van der Waals surface area contributed by atoms with Gasteiger partial charge in [0.05, 0.1) is 12.7 Å². The number of phenolic OH excluding ortho intramolecular Hbond substituents is 1. The van der Waals surface area contributed by atoms with Crippen molar-refractivity contribution < 1.29 is 43.9 Å². The SMILES string of the molecule is O=C(O)CC/C=C/C[C@@H]1CO[C@H](c2cccc(OCCOc3ccc(/C(=C\CCCCC(=O)O)c4cccnc4)cc3)c2)O[C@@H]1c1ccccc1O. The summed E-state index contributed by atoms with van der Waals surface area (Å²) in [5.74, 6) is -0.195. The van der Waals surface area contributed by atoms with Gasteiger partial charge in [-0.15, -0.1) is 0 Å². The second-order valence-electron chi connectivity index (χ2n) is 12.5. The van der Waals surface area contributed by atoms with E-state index in [1.54, 1.807) is 18.3 Å². The number of carboxylic acid groups (broad SMARTS) is 2. The molecule has 2 heterocycles. The Kier molecular flexibility index (Phi) is 14.4. The van der Waals surface area contributed by atoms with E-state index in [9.17, 15) is 14.7 Å². The first-order valence-electron chi connectivity index (χ1n) is 17.6. The Hall–Kier alpha value is -5.45. The van der Waals surface area contributed by atoms with Gasteiger partial charge in [0.15, 0.2) is 6.29 Å². The van der Waals surface area contributed by atoms with Crippen LogP contribution in [0.2, 0.25) is 0 Å². The highest BCUT2D eigenvalue weighted by Crippen LogP contribution is 2.43. The molecule has 3 N–H and O–H groups in total. The van der Waals surface area contributed by atoms with E-state index in [-0.39, 0.29) is 24.5 Å². The third-order valence-electron chi connectivity index (χ3n) is 8.62. The molecule has 0 amide bonds. The van der Waals surface area contributed by atoms with Crippen LogP contribution >= 0.6 is 0 Å². The first kappa shape index (κ1) is 37.8. The smallest absolute Gasteiger partial charge is 0.303 e. The lowest BCUT2D eigenvalue weighted by atomic mass is 9.91. The summed E-state index contributed by atoms with van der Waals surface area (Å²) in [4.78, 5) is 26.0. The highest BCUT2D eigenvalue weighted by atomic mass is 16.7. The van der Waals surface area contributed by atoms with Crippen LogP contribution in [-0.4, -0.2) is 52.1 Å². The minimum absolute atomic E-state index is 0.0731. The van der Waals surface area contributed by atoms with E-state index >= 15 is 0 Å². The van der Waals surface area contributed by atoms with Crippen molar-refractivity contribution in [3.8, 4) is 17.2 Å². The van der Waals surface area contributed by atoms with Gasteiger partial charge >= 0.3 is 11.9 Å². The second kappa shape index (κ2) is 19.8. The summed E-state index contributed by atoms with van der Waals surface area (Å²) in [6, 6.07) is 26.4. The number of benzene rings is 3. The van der Waals surface area contributed by atoms with Crippen molar-refractivity contribution in [1.82, 2.24) is 4.98 Å². The van der Waals surface area contributed by atoms with Crippen LogP contribution in [0, 0.1) is 5.92 Å². The normalized spacial score (nSPS) is 17.5. The number of allylic oxidation sites excluding steroid dienone is 3. The van der Waals surface area contributed by atoms with Crippen LogP contribution < -0.4 is 9.47 Å². The standard InChI is InChI=1S/C42H45NO9/c44-38-17-8-7-16-37(38)41-33(11-3-1-5-18-39(45)46)29-51-42(52-41)31-12-9-14-35(27-31)50-26-25-49-34-22-20-30(21-23-34)36(32-13-10-24-43-28-32)15-4-2-6-19-40(47)48/h1,3,7-10,12-17,20-24,27-28,33,41-42,44H,2,4-6,11,18-19,25-26,29H2,(H,45,46)(H,47,48)/b3-1+,36-15+/t33-,41+,42+/m1/s1. The van der Waals surface area contributed by atoms with Gasteiger partial charge in [-0.25, -0.2) is 0 Å². The predicted octanol–water partition coefficient (Wildman–Crippen LogP) is 8.54. The average Bonchev–Trinajstić information content (AvgIpc) is 3.15. The molecule has 1 aliphatic rings. The molecule has 0 saturated carbocycles. The minimum atomic E-state index is -0.835. The molecule has 0 radical (unpaired) electrons. The molecular formula is C42H45NO9. The molecule has 10 heteroatoms. The van der Waals surface area contributed by atoms with Crippen LogP contribution in [0.3, 0.4) is 0 Å². The Morgan fingerprint density at radius 1 is 0.808 bits per heavy atom. The summed E-state index contributed by atoms with van der Waals surface area (Å²) < 4.78 is 24.6. The topological polar surface area (TPSA) is 145 Å². The van der Waals surface area contributed by atoms with E-state index in [2.05, 4.69) is 11.1 Å². The van der Waals surface area contributed by atoms with Gasteiger partial charge in [-0.05, 0) is 79.6 Å². The van der Waals surface area contributed by atoms with Crippen molar-refractivity contribution in [2.24, 2.45) is 5.92 Å². The minimum Gasteiger partial charge on any atom is -0.508 e. The van der Waals surface area contributed by atoms with E-state index < -0.39 is 24.3 Å². The van der Waals surface area contributed by atoms with Crippen molar-refractivity contribution >= 4 is 17.5 Å². The number of pyridine rings is 1. The highest BCUT2D eigenvalue weighted by Gasteiger charge is 2.34. The number of para-hydroxylation sites is 1. The van der Waals surface area contributed by atoms with Crippen LogP contribution in [0.4, 0.5) is 0 Å². The van der Waals surface area contributed by atoms with E-state index in [0.717, 1.165) is 35.1 Å². The lowest BCUT2D eigenvalue weighted by Crippen LogP contribution is -2.30. The number of nitrogens with zero attached hydrogens (tertiary/aromatic N) is 1. The summed E-state index contributed by atoms with van der Waals surface area (Å²) in [5.41, 5.74) is 4.50. The molecule has 5 rings (SSSR count). The maximum Gasteiger partial charge on any atom is 0.303 e. The van der Waals surface area contributed by atoms with E-state index in [1.165, 1.54) is 0 Å². The Balaban J connectivity index is 1.15. The number of aromatic nitrogens is 1. The van der Waals surface area contributed by atoms with Crippen LogP contribution in [0.25, 0.3) is 5.57 Å². The number of carboxylic acids is 2. The Labute approximate surface area is 304 Å². The van der Waals surface area contributed by atoms with Crippen molar-refractivity contribution in [1.29, 1.82) is 0 Å². The van der Waals surface area contributed by atoms with E-state index in [1.807, 2.05) is 91.1 Å². The number of ether oxygens (including phenoxy) is 4. The second-order valence-corrected chi connectivity index (χ2v) is 12.5. The number of carbonyl (C=O) groups is 2. The van der Waals surface area contributed by atoms with E-state index in [4.69, 9.17) is 29.2 Å². The monoisotopic (exact) mass is 707 g/mol. The third-order valence-corrected chi connectivity index (χ3v) is 8.62. The molecule has 0 spiro atoms. The molecule has 52 heavy (non-hydrogen) atoms. The number of aromatic hydroxyl groups is 1. The van der Waals surface area contributed by atoms with Crippen molar-refractivity contribution in [2.45, 2.75) is 57.3 Å². The van der Waals surface area contributed by atoms with Crippen LogP contribution in [0.1, 0.15) is 79.6 Å². The molecule has 10 nitrogen and oxygen atoms in total. The summed E-state index contributed by atoms with van der Waals surface area (Å²) >= 11 is 0. The molecule has 0 unspecified atom stereocenters. The van der Waals surface area contributed by atoms with Gasteiger partial charge in [0.1, 0.15) is 30.5 Å². The molecule has 272 valence electrons. The first-order valence-corrected chi connectivity index (χ1v) is 17.6. The fourth-order valence-electron chi connectivity index (χ4n) is 5.99. The van der Waals surface area contributed by atoms with Gasteiger partial charge in [-0.2, -0.15) is 0 Å². The average molecular weight is 708 g/mol. The fraction of sp³-hybridized carbons (Fsp3) is 0.310. The third kappa shape index (κ3) is 11.5. The van der Waals surface area contributed by atoms with E-state index in [0.29, 0.717) is 56.1 Å². The zero-order chi connectivity index (χ0) is 36.5. The van der Waals surface area contributed by atoms with Gasteiger partial charge in [-0.1, -0.05) is 66.8 Å².